The minimum absolute atomic E-state index is 0.311. The fourth-order valence-electron chi connectivity index (χ4n) is 1.87. The average molecular weight is 292 g/mol. The van der Waals surface area contributed by atoms with Crippen LogP contribution in [-0.2, 0) is 0 Å². The third-order valence-corrected chi connectivity index (χ3v) is 5.24. The van der Waals surface area contributed by atoms with Crippen LogP contribution in [0.25, 0.3) is 0 Å². The van der Waals surface area contributed by atoms with Crippen molar-refractivity contribution in [3.63, 3.8) is 0 Å². The number of aromatic nitrogens is 1. The van der Waals surface area contributed by atoms with E-state index in [9.17, 15) is 0 Å². The number of rotatable bonds is 4. The molecule has 0 amide bonds. The van der Waals surface area contributed by atoms with Crippen LogP contribution >= 0.6 is 35.0 Å². The minimum Gasteiger partial charge on any atom is -0.382 e. The van der Waals surface area contributed by atoms with E-state index in [0.29, 0.717) is 26.4 Å². The van der Waals surface area contributed by atoms with Gasteiger partial charge in [0.1, 0.15) is 11.6 Å². The summed E-state index contributed by atoms with van der Waals surface area (Å²) in [6.45, 7) is 0.863. The van der Waals surface area contributed by atoms with E-state index in [4.69, 9.17) is 28.9 Å². The van der Waals surface area contributed by atoms with Crippen molar-refractivity contribution < 1.29 is 0 Å². The molecule has 1 fully saturated rings. The SMILES string of the molecule is CSC1(CNc2nc(N)c(Cl)cc2Cl)CCC1. The summed E-state index contributed by atoms with van der Waals surface area (Å²) in [5.41, 5.74) is 5.66. The summed E-state index contributed by atoms with van der Waals surface area (Å²) in [4.78, 5) is 4.16. The van der Waals surface area contributed by atoms with Gasteiger partial charge in [0.25, 0.3) is 0 Å². The maximum absolute atomic E-state index is 6.06. The van der Waals surface area contributed by atoms with Gasteiger partial charge in [0.05, 0.1) is 10.0 Å². The van der Waals surface area contributed by atoms with Crippen molar-refractivity contribution in [2.75, 3.05) is 23.9 Å². The lowest BCUT2D eigenvalue weighted by Gasteiger charge is -2.40. The smallest absolute Gasteiger partial charge is 0.147 e. The fourth-order valence-corrected chi connectivity index (χ4v) is 3.21. The normalized spacial score (nSPS) is 17.6. The van der Waals surface area contributed by atoms with Gasteiger partial charge >= 0.3 is 0 Å². The maximum Gasteiger partial charge on any atom is 0.147 e. The summed E-state index contributed by atoms with van der Waals surface area (Å²) < 4.78 is 0.333. The molecule has 1 aromatic heterocycles. The highest BCUT2D eigenvalue weighted by Crippen LogP contribution is 2.43. The third-order valence-electron chi connectivity index (χ3n) is 3.23. The van der Waals surface area contributed by atoms with Gasteiger partial charge < -0.3 is 11.1 Å². The first-order chi connectivity index (χ1) is 8.06. The lowest BCUT2D eigenvalue weighted by atomic mass is 9.84. The van der Waals surface area contributed by atoms with Crippen LogP contribution in [0, 0.1) is 0 Å². The van der Waals surface area contributed by atoms with Crippen molar-refractivity contribution in [3.8, 4) is 0 Å². The molecule has 0 atom stereocenters. The Labute approximate surface area is 115 Å². The summed E-state index contributed by atoms with van der Waals surface area (Å²) in [6, 6.07) is 1.63. The Bertz CT molecular complexity index is 416. The highest BCUT2D eigenvalue weighted by molar-refractivity contribution is 8.00. The van der Waals surface area contributed by atoms with Crippen molar-refractivity contribution in [2.24, 2.45) is 0 Å². The highest BCUT2D eigenvalue weighted by atomic mass is 35.5. The molecule has 0 saturated heterocycles. The predicted molar refractivity (Wildman–Crippen MR) is 77.3 cm³/mol. The Balaban J connectivity index is 2.06. The molecule has 3 nitrogen and oxygen atoms in total. The number of halogens is 2. The number of anilines is 2. The molecule has 1 saturated carbocycles. The Hall–Kier alpha value is -0.320. The van der Waals surface area contributed by atoms with E-state index in [0.717, 1.165) is 6.54 Å². The average Bonchev–Trinajstić information content (AvgIpc) is 2.24. The van der Waals surface area contributed by atoms with E-state index in [2.05, 4.69) is 16.6 Å². The van der Waals surface area contributed by atoms with Crippen LogP contribution in [0.5, 0.6) is 0 Å². The molecular formula is C11H15Cl2N3S. The molecule has 94 valence electrons. The second-order valence-electron chi connectivity index (χ2n) is 4.28. The molecule has 3 N–H and O–H groups in total. The monoisotopic (exact) mass is 291 g/mol. The summed E-state index contributed by atoms with van der Waals surface area (Å²) in [5, 5.41) is 4.18. The van der Waals surface area contributed by atoms with Gasteiger partial charge in [0.15, 0.2) is 0 Å². The number of nitrogens with one attached hydrogen (secondary N) is 1. The van der Waals surface area contributed by atoms with Crippen LogP contribution in [0.1, 0.15) is 19.3 Å². The van der Waals surface area contributed by atoms with Gasteiger partial charge in [-0.2, -0.15) is 11.8 Å². The lowest BCUT2D eigenvalue weighted by molar-refractivity contribution is 0.379. The summed E-state index contributed by atoms with van der Waals surface area (Å²) in [6.07, 6.45) is 5.92. The van der Waals surface area contributed by atoms with Crippen molar-refractivity contribution in [3.05, 3.63) is 16.1 Å². The number of nitrogens with zero attached hydrogens (tertiary/aromatic N) is 1. The molecule has 6 heteroatoms. The number of hydrogen-bond donors (Lipinski definition) is 2. The maximum atomic E-state index is 6.06. The fraction of sp³-hybridized carbons (Fsp3) is 0.545. The molecule has 0 spiro atoms. The second-order valence-corrected chi connectivity index (χ2v) is 6.37. The van der Waals surface area contributed by atoms with Crippen molar-refractivity contribution in [1.82, 2.24) is 4.98 Å². The van der Waals surface area contributed by atoms with Gasteiger partial charge in [-0.25, -0.2) is 4.98 Å². The molecule has 1 aromatic rings. The van der Waals surface area contributed by atoms with E-state index in [1.165, 1.54) is 19.3 Å². The van der Waals surface area contributed by atoms with Gasteiger partial charge in [-0.05, 0) is 25.2 Å². The molecule has 17 heavy (non-hydrogen) atoms. The molecular weight excluding hydrogens is 277 g/mol. The van der Waals surface area contributed by atoms with E-state index in [-0.39, 0.29) is 0 Å². The Kier molecular flexibility index (Phi) is 3.95. The van der Waals surface area contributed by atoms with E-state index >= 15 is 0 Å². The Morgan fingerprint density at radius 1 is 1.47 bits per heavy atom. The Morgan fingerprint density at radius 3 is 2.71 bits per heavy atom. The summed E-state index contributed by atoms with van der Waals surface area (Å²) in [7, 11) is 0. The molecule has 1 aliphatic carbocycles. The van der Waals surface area contributed by atoms with Crippen molar-refractivity contribution in [1.29, 1.82) is 0 Å². The second kappa shape index (κ2) is 5.12. The molecule has 0 aromatic carbocycles. The molecule has 1 aliphatic rings. The van der Waals surface area contributed by atoms with Crippen LogP contribution in [0.15, 0.2) is 6.07 Å². The molecule has 0 radical (unpaired) electrons. The first kappa shape index (κ1) is 13.1. The minimum atomic E-state index is 0.311. The van der Waals surface area contributed by atoms with E-state index in [1.807, 2.05) is 11.8 Å². The number of nitrogens with two attached hydrogens (primary N) is 1. The predicted octanol–water partition coefficient (Wildman–Crippen LogP) is 3.67. The largest absolute Gasteiger partial charge is 0.382 e. The third kappa shape index (κ3) is 2.75. The number of pyridine rings is 1. The standard InChI is InChI=1S/C11H15Cl2N3S/c1-17-11(3-2-4-11)6-15-10-8(13)5-7(12)9(14)16-10/h5H,2-4,6H2,1H3,(H3,14,15,16). The molecule has 0 bridgehead atoms. The van der Waals surface area contributed by atoms with Crippen LogP contribution < -0.4 is 11.1 Å². The van der Waals surface area contributed by atoms with Crippen molar-refractivity contribution in [2.45, 2.75) is 24.0 Å². The zero-order chi connectivity index (χ0) is 12.5. The first-order valence-electron chi connectivity index (χ1n) is 5.47. The van der Waals surface area contributed by atoms with E-state index in [1.54, 1.807) is 6.07 Å². The van der Waals surface area contributed by atoms with Gasteiger partial charge in [0, 0.05) is 11.3 Å². The van der Waals surface area contributed by atoms with Gasteiger partial charge in [-0.1, -0.05) is 29.6 Å². The van der Waals surface area contributed by atoms with Crippen LogP contribution in [0.4, 0.5) is 11.6 Å². The van der Waals surface area contributed by atoms with Gasteiger partial charge in [-0.3, -0.25) is 0 Å². The zero-order valence-electron chi connectivity index (χ0n) is 9.59. The van der Waals surface area contributed by atoms with E-state index < -0.39 is 0 Å². The van der Waals surface area contributed by atoms with Gasteiger partial charge in [-0.15, -0.1) is 0 Å². The first-order valence-corrected chi connectivity index (χ1v) is 7.45. The number of thioether (sulfide) groups is 1. The highest BCUT2D eigenvalue weighted by Gasteiger charge is 2.36. The molecule has 0 unspecified atom stereocenters. The van der Waals surface area contributed by atoms with Crippen LogP contribution in [0.3, 0.4) is 0 Å². The van der Waals surface area contributed by atoms with Gasteiger partial charge in [0.2, 0.25) is 0 Å². The number of nitrogen functional groups attached to an aromatic ring is 1. The van der Waals surface area contributed by atoms with Crippen molar-refractivity contribution >= 4 is 46.6 Å². The van der Waals surface area contributed by atoms with Crippen LogP contribution in [-0.4, -0.2) is 22.5 Å². The summed E-state index contributed by atoms with van der Waals surface area (Å²) >= 11 is 13.8. The topological polar surface area (TPSA) is 50.9 Å². The lowest BCUT2D eigenvalue weighted by Crippen LogP contribution is -2.40. The molecule has 0 aliphatic heterocycles. The molecule has 1 heterocycles. The van der Waals surface area contributed by atoms with Crippen LogP contribution in [0.2, 0.25) is 10.0 Å². The summed E-state index contributed by atoms with van der Waals surface area (Å²) in [5.74, 6) is 0.930. The quantitative estimate of drug-likeness (QED) is 0.889. The number of hydrogen-bond acceptors (Lipinski definition) is 4. The Morgan fingerprint density at radius 2 is 2.18 bits per heavy atom. The zero-order valence-corrected chi connectivity index (χ0v) is 11.9. The molecule has 2 rings (SSSR count).